The smallest absolute Gasteiger partial charge is 0.260 e. The summed E-state index contributed by atoms with van der Waals surface area (Å²) in [5.74, 6) is 0. The standard InChI is InChI=1S/C7H10BrNO3S2/c1-4-6(8)13-7(9-4)5(2)12-14(3,10)11/h5H,1-3H3. The molecule has 7 heteroatoms. The van der Waals surface area contributed by atoms with E-state index < -0.39 is 16.2 Å². The molecule has 0 amide bonds. The monoisotopic (exact) mass is 299 g/mol. The van der Waals surface area contributed by atoms with E-state index in [0.717, 1.165) is 15.7 Å². The van der Waals surface area contributed by atoms with Crippen molar-refractivity contribution in [3.63, 3.8) is 0 Å². The van der Waals surface area contributed by atoms with Gasteiger partial charge in [0.25, 0.3) is 10.1 Å². The van der Waals surface area contributed by atoms with Crippen LogP contribution in [-0.2, 0) is 14.3 Å². The number of aromatic nitrogens is 1. The molecule has 0 saturated carbocycles. The lowest BCUT2D eigenvalue weighted by Gasteiger charge is -2.06. The van der Waals surface area contributed by atoms with Gasteiger partial charge >= 0.3 is 0 Å². The van der Waals surface area contributed by atoms with E-state index in [4.69, 9.17) is 4.18 Å². The van der Waals surface area contributed by atoms with Gasteiger partial charge in [0.15, 0.2) is 0 Å². The zero-order chi connectivity index (χ0) is 10.9. The maximum Gasteiger partial charge on any atom is 0.265 e. The van der Waals surface area contributed by atoms with Crippen LogP contribution in [-0.4, -0.2) is 19.7 Å². The van der Waals surface area contributed by atoms with Crippen LogP contribution in [0.15, 0.2) is 3.79 Å². The Morgan fingerprint density at radius 3 is 2.50 bits per heavy atom. The zero-order valence-corrected chi connectivity index (χ0v) is 11.2. The number of aryl methyl sites for hydroxylation is 1. The Bertz CT molecular complexity index is 407. The van der Waals surface area contributed by atoms with Gasteiger partial charge in [0.1, 0.15) is 11.1 Å². The summed E-state index contributed by atoms with van der Waals surface area (Å²) < 4.78 is 27.4. The number of hydrogen-bond donors (Lipinski definition) is 0. The van der Waals surface area contributed by atoms with E-state index in [-0.39, 0.29) is 0 Å². The van der Waals surface area contributed by atoms with Crippen molar-refractivity contribution in [1.29, 1.82) is 0 Å². The summed E-state index contributed by atoms with van der Waals surface area (Å²) in [5, 5.41) is 0.653. The van der Waals surface area contributed by atoms with Crippen molar-refractivity contribution in [3.8, 4) is 0 Å². The fourth-order valence-corrected chi connectivity index (χ4v) is 2.91. The lowest BCUT2D eigenvalue weighted by atomic mass is 10.4. The van der Waals surface area contributed by atoms with Crippen LogP contribution in [0.4, 0.5) is 0 Å². The molecule has 0 N–H and O–H groups in total. The molecule has 1 rings (SSSR count). The highest BCUT2D eigenvalue weighted by Gasteiger charge is 2.17. The van der Waals surface area contributed by atoms with Crippen molar-refractivity contribution in [1.82, 2.24) is 4.98 Å². The molecule has 0 radical (unpaired) electrons. The Kier molecular flexibility index (Phi) is 3.68. The first-order valence-electron chi connectivity index (χ1n) is 3.80. The van der Waals surface area contributed by atoms with E-state index in [0.29, 0.717) is 5.01 Å². The van der Waals surface area contributed by atoms with Gasteiger partial charge in [-0.25, -0.2) is 4.98 Å². The van der Waals surface area contributed by atoms with Gasteiger partial charge in [-0.1, -0.05) is 0 Å². The summed E-state index contributed by atoms with van der Waals surface area (Å²) in [6, 6.07) is 0. The maximum atomic E-state index is 10.8. The number of thiazole rings is 1. The Hall–Kier alpha value is 0.0200. The van der Waals surface area contributed by atoms with Crippen molar-refractivity contribution >= 4 is 37.4 Å². The molecule has 0 saturated heterocycles. The second-order valence-electron chi connectivity index (χ2n) is 2.85. The third-order valence-corrected chi connectivity index (χ3v) is 4.23. The molecule has 1 atom stereocenters. The number of halogens is 1. The summed E-state index contributed by atoms with van der Waals surface area (Å²) in [7, 11) is -3.42. The van der Waals surface area contributed by atoms with E-state index in [1.165, 1.54) is 11.3 Å². The minimum atomic E-state index is -3.42. The minimum Gasteiger partial charge on any atom is -0.260 e. The van der Waals surface area contributed by atoms with Crippen LogP contribution in [0.3, 0.4) is 0 Å². The highest BCUT2D eigenvalue weighted by molar-refractivity contribution is 9.11. The minimum absolute atomic E-state index is 0.528. The van der Waals surface area contributed by atoms with E-state index in [1.54, 1.807) is 6.92 Å². The molecule has 0 aliphatic rings. The molecular weight excluding hydrogens is 290 g/mol. The van der Waals surface area contributed by atoms with E-state index in [2.05, 4.69) is 20.9 Å². The Morgan fingerprint density at radius 2 is 2.14 bits per heavy atom. The van der Waals surface area contributed by atoms with Crippen LogP contribution in [0.5, 0.6) is 0 Å². The maximum absolute atomic E-state index is 10.8. The fraction of sp³-hybridized carbons (Fsp3) is 0.571. The van der Waals surface area contributed by atoms with Gasteiger partial charge in [0.05, 0.1) is 15.7 Å². The average Bonchev–Trinajstić information content (AvgIpc) is 2.28. The number of hydrogen-bond acceptors (Lipinski definition) is 5. The first kappa shape index (κ1) is 12.1. The average molecular weight is 300 g/mol. The number of rotatable bonds is 3. The third kappa shape index (κ3) is 3.30. The molecule has 1 unspecified atom stereocenters. The van der Waals surface area contributed by atoms with Gasteiger partial charge in [-0.2, -0.15) is 8.42 Å². The molecule has 0 fully saturated rings. The molecule has 0 spiro atoms. The Balaban J connectivity index is 2.85. The van der Waals surface area contributed by atoms with Crippen molar-refractivity contribution in [2.75, 3.05) is 6.26 Å². The largest absolute Gasteiger partial charge is 0.265 e. The van der Waals surface area contributed by atoms with Crippen LogP contribution in [0.25, 0.3) is 0 Å². The second kappa shape index (κ2) is 4.26. The second-order valence-corrected chi connectivity index (χ2v) is 6.80. The summed E-state index contributed by atoms with van der Waals surface area (Å²) in [6.45, 7) is 3.50. The van der Waals surface area contributed by atoms with Crippen LogP contribution in [0, 0.1) is 6.92 Å². The first-order valence-corrected chi connectivity index (χ1v) is 7.23. The van der Waals surface area contributed by atoms with Crippen LogP contribution in [0.2, 0.25) is 0 Å². The summed E-state index contributed by atoms with van der Waals surface area (Å²) in [6.07, 6.45) is 0.499. The van der Waals surface area contributed by atoms with Crippen LogP contribution < -0.4 is 0 Å². The Morgan fingerprint density at radius 1 is 1.57 bits per heavy atom. The van der Waals surface area contributed by atoms with E-state index in [1.807, 2.05) is 6.92 Å². The van der Waals surface area contributed by atoms with Gasteiger partial charge in [-0.3, -0.25) is 4.18 Å². The predicted molar refractivity (Wildman–Crippen MR) is 58.9 cm³/mol. The van der Waals surface area contributed by atoms with Gasteiger partial charge in [-0.15, -0.1) is 11.3 Å². The van der Waals surface area contributed by atoms with E-state index in [9.17, 15) is 8.42 Å². The lowest BCUT2D eigenvalue weighted by molar-refractivity contribution is 0.236. The zero-order valence-electron chi connectivity index (χ0n) is 7.94. The molecular formula is C7H10BrNO3S2. The topological polar surface area (TPSA) is 56.3 Å². The highest BCUT2D eigenvalue weighted by atomic mass is 79.9. The van der Waals surface area contributed by atoms with Gasteiger partial charge < -0.3 is 0 Å². The van der Waals surface area contributed by atoms with Crippen molar-refractivity contribution in [2.24, 2.45) is 0 Å². The summed E-state index contributed by atoms with van der Waals surface area (Å²) >= 11 is 4.69. The first-order chi connectivity index (χ1) is 6.29. The number of nitrogens with zero attached hydrogens (tertiary/aromatic N) is 1. The highest BCUT2D eigenvalue weighted by Crippen LogP contribution is 2.30. The Labute approximate surface area is 95.6 Å². The van der Waals surface area contributed by atoms with Crippen LogP contribution in [0.1, 0.15) is 23.7 Å². The van der Waals surface area contributed by atoms with Gasteiger partial charge in [0, 0.05) is 0 Å². The molecule has 1 heterocycles. The lowest BCUT2D eigenvalue weighted by Crippen LogP contribution is -2.07. The molecule has 4 nitrogen and oxygen atoms in total. The molecule has 1 aromatic heterocycles. The molecule has 14 heavy (non-hydrogen) atoms. The van der Waals surface area contributed by atoms with Crippen molar-refractivity contribution in [2.45, 2.75) is 20.0 Å². The molecule has 80 valence electrons. The third-order valence-electron chi connectivity index (χ3n) is 1.42. The SMILES string of the molecule is Cc1nc(C(C)OS(C)(=O)=O)sc1Br. The van der Waals surface area contributed by atoms with Crippen LogP contribution >= 0.6 is 27.3 Å². The molecule has 0 aromatic carbocycles. The molecule has 0 aliphatic heterocycles. The van der Waals surface area contributed by atoms with Crippen molar-refractivity contribution < 1.29 is 12.6 Å². The van der Waals surface area contributed by atoms with E-state index >= 15 is 0 Å². The van der Waals surface area contributed by atoms with Gasteiger partial charge in [-0.05, 0) is 29.8 Å². The van der Waals surface area contributed by atoms with Crippen molar-refractivity contribution in [3.05, 3.63) is 14.5 Å². The normalized spacial score (nSPS) is 14.3. The molecule has 1 aromatic rings. The predicted octanol–water partition coefficient (Wildman–Crippen LogP) is 2.25. The molecule has 0 bridgehead atoms. The summed E-state index contributed by atoms with van der Waals surface area (Å²) in [4.78, 5) is 4.18. The summed E-state index contributed by atoms with van der Waals surface area (Å²) in [5.41, 5.74) is 0.842. The quantitative estimate of drug-likeness (QED) is 0.803. The molecule has 0 aliphatic carbocycles. The fourth-order valence-electron chi connectivity index (χ4n) is 0.875. The van der Waals surface area contributed by atoms with Gasteiger partial charge in [0.2, 0.25) is 0 Å².